The highest BCUT2D eigenvalue weighted by Gasteiger charge is 2.35. The van der Waals surface area contributed by atoms with Crippen molar-refractivity contribution in [3.63, 3.8) is 0 Å². The van der Waals surface area contributed by atoms with E-state index in [2.05, 4.69) is 4.72 Å². The van der Waals surface area contributed by atoms with Gasteiger partial charge in [0.05, 0.1) is 4.90 Å². The van der Waals surface area contributed by atoms with Crippen LogP contribution in [0.4, 0.5) is 5.69 Å². The molecule has 0 spiro atoms. The van der Waals surface area contributed by atoms with Crippen molar-refractivity contribution in [1.29, 1.82) is 0 Å². The Morgan fingerprint density at radius 3 is 2.06 bits per heavy atom. The molecule has 0 unspecified atom stereocenters. The van der Waals surface area contributed by atoms with Crippen LogP contribution in [-0.2, 0) is 14.8 Å². The van der Waals surface area contributed by atoms with Gasteiger partial charge in [-0.05, 0) is 74.2 Å². The smallest absolute Gasteiger partial charge is 0.261 e. The predicted octanol–water partition coefficient (Wildman–Crippen LogP) is 2.80. The van der Waals surface area contributed by atoms with Crippen molar-refractivity contribution in [2.24, 2.45) is 5.92 Å². The van der Waals surface area contributed by atoms with Crippen molar-refractivity contribution in [3.05, 3.63) is 59.2 Å². The predicted molar refractivity (Wildman–Crippen MR) is 118 cm³/mol. The summed E-state index contributed by atoms with van der Waals surface area (Å²) in [5.41, 5.74) is 3.03. The van der Waals surface area contributed by atoms with Crippen LogP contribution in [0.1, 0.15) is 34.3 Å². The first kappa shape index (κ1) is 21.4. The van der Waals surface area contributed by atoms with Gasteiger partial charge in [0.15, 0.2) is 0 Å². The van der Waals surface area contributed by atoms with Gasteiger partial charge in [-0.3, -0.25) is 14.3 Å². The highest BCUT2D eigenvalue weighted by molar-refractivity contribution is 7.92. The van der Waals surface area contributed by atoms with Gasteiger partial charge in [0.25, 0.3) is 15.9 Å². The molecule has 1 N–H and O–H groups in total. The van der Waals surface area contributed by atoms with Crippen molar-refractivity contribution in [2.75, 3.05) is 30.9 Å². The second kappa shape index (κ2) is 8.34. The highest BCUT2D eigenvalue weighted by atomic mass is 32.2. The summed E-state index contributed by atoms with van der Waals surface area (Å²) in [5, 5.41) is 0. The Morgan fingerprint density at radius 2 is 1.48 bits per heavy atom. The summed E-state index contributed by atoms with van der Waals surface area (Å²) >= 11 is 0. The van der Waals surface area contributed by atoms with E-state index >= 15 is 0 Å². The first-order valence-electron chi connectivity index (χ1n) is 10.5. The molecule has 0 aromatic heterocycles. The van der Waals surface area contributed by atoms with E-state index in [9.17, 15) is 18.0 Å². The van der Waals surface area contributed by atoms with Crippen molar-refractivity contribution in [3.8, 4) is 0 Å². The van der Waals surface area contributed by atoms with E-state index in [-0.39, 0.29) is 22.6 Å². The summed E-state index contributed by atoms with van der Waals surface area (Å²) in [4.78, 5) is 28.6. The van der Waals surface area contributed by atoms with Crippen molar-refractivity contribution in [1.82, 2.24) is 9.80 Å². The molecule has 1 heterocycles. The van der Waals surface area contributed by atoms with Crippen LogP contribution >= 0.6 is 0 Å². The zero-order valence-electron chi connectivity index (χ0n) is 17.8. The molecule has 1 saturated carbocycles. The van der Waals surface area contributed by atoms with Crippen LogP contribution in [0, 0.1) is 19.8 Å². The zero-order valence-corrected chi connectivity index (χ0v) is 18.6. The average molecular weight is 442 g/mol. The summed E-state index contributed by atoms with van der Waals surface area (Å²) in [7, 11) is -3.75. The van der Waals surface area contributed by atoms with Gasteiger partial charge in [-0.25, -0.2) is 8.42 Å². The Bertz CT molecular complexity index is 1100. The molecule has 0 atom stereocenters. The van der Waals surface area contributed by atoms with E-state index in [1.54, 1.807) is 29.2 Å². The lowest BCUT2D eigenvalue weighted by Gasteiger charge is -2.35. The first-order valence-corrected chi connectivity index (χ1v) is 12.0. The second-order valence-electron chi connectivity index (χ2n) is 8.32. The van der Waals surface area contributed by atoms with E-state index in [4.69, 9.17) is 0 Å². The number of benzene rings is 2. The van der Waals surface area contributed by atoms with Gasteiger partial charge in [-0.15, -0.1) is 0 Å². The normalized spacial score (nSPS) is 16.8. The highest BCUT2D eigenvalue weighted by Crippen LogP contribution is 2.31. The third-order valence-electron chi connectivity index (χ3n) is 5.98. The Balaban J connectivity index is 1.39. The van der Waals surface area contributed by atoms with Crippen LogP contribution in [0.2, 0.25) is 0 Å². The molecule has 31 heavy (non-hydrogen) atoms. The van der Waals surface area contributed by atoms with Crippen LogP contribution in [0.3, 0.4) is 0 Å². The number of piperazine rings is 1. The number of nitrogens with one attached hydrogen (secondary N) is 1. The third-order valence-corrected chi connectivity index (χ3v) is 7.37. The number of anilines is 1. The fraction of sp³-hybridized carbons (Fsp3) is 0.391. The molecule has 1 aliphatic heterocycles. The van der Waals surface area contributed by atoms with Crippen LogP contribution < -0.4 is 4.72 Å². The summed E-state index contributed by atoms with van der Waals surface area (Å²) in [6.45, 7) is 5.97. The summed E-state index contributed by atoms with van der Waals surface area (Å²) in [6, 6.07) is 11.4. The molecule has 1 saturated heterocycles. The fourth-order valence-electron chi connectivity index (χ4n) is 3.70. The third kappa shape index (κ3) is 4.74. The van der Waals surface area contributed by atoms with Gasteiger partial charge >= 0.3 is 0 Å². The van der Waals surface area contributed by atoms with Crippen molar-refractivity contribution in [2.45, 2.75) is 31.6 Å². The number of rotatable bonds is 5. The van der Waals surface area contributed by atoms with Crippen molar-refractivity contribution >= 4 is 27.5 Å². The molecule has 2 aliphatic rings. The van der Waals surface area contributed by atoms with E-state index < -0.39 is 10.0 Å². The molecule has 2 aromatic carbocycles. The maximum atomic E-state index is 12.8. The molecule has 164 valence electrons. The topological polar surface area (TPSA) is 86.8 Å². The van der Waals surface area contributed by atoms with Gasteiger partial charge in [0.2, 0.25) is 5.91 Å². The molecular weight excluding hydrogens is 414 g/mol. The monoisotopic (exact) mass is 441 g/mol. The minimum atomic E-state index is -3.75. The summed E-state index contributed by atoms with van der Waals surface area (Å²) < 4.78 is 28.0. The fourth-order valence-corrected chi connectivity index (χ4v) is 4.75. The Hall–Kier alpha value is -2.87. The molecular formula is C23H27N3O4S. The van der Waals surface area contributed by atoms with Crippen LogP contribution in [-0.4, -0.2) is 56.2 Å². The SMILES string of the molecule is Cc1ccc(NS(=O)(=O)c2ccc(C(=O)N3CCN(C(=O)C4CC4)CC3)cc2)cc1C. The number of carbonyl (C=O) groups is 2. The molecule has 4 rings (SSSR count). The van der Waals surface area contributed by atoms with Gasteiger partial charge in [0, 0.05) is 43.3 Å². The molecule has 7 nitrogen and oxygen atoms in total. The molecule has 2 fully saturated rings. The lowest BCUT2D eigenvalue weighted by atomic mass is 10.1. The van der Waals surface area contributed by atoms with E-state index in [1.165, 1.54) is 12.1 Å². The molecule has 1 aliphatic carbocycles. The standard InChI is InChI=1S/C23H27N3O4S/c1-16-3-8-20(15-17(16)2)24-31(29,30)21-9-6-19(7-10-21)23(28)26-13-11-25(12-14-26)22(27)18-4-5-18/h3,6-10,15,18,24H,4-5,11-14H2,1-2H3. The van der Waals surface area contributed by atoms with Crippen molar-refractivity contribution < 1.29 is 18.0 Å². The number of amides is 2. The van der Waals surface area contributed by atoms with E-state index in [1.807, 2.05) is 24.8 Å². The maximum Gasteiger partial charge on any atom is 0.261 e. The summed E-state index contributed by atoms with van der Waals surface area (Å²) in [6.07, 6.45) is 1.96. The first-order chi connectivity index (χ1) is 14.7. The molecule has 2 amide bonds. The van der Waals surface area contributed by atoms with Gasteiger partial charge in [-0.1, -0.05) is 6.07 Å². The molecule has 0 radical (unpaired) electrons. The second-order valence-corrected chi connectivity index (χ2v) is 10.0. The number of carbonyl (C=O) groups excluding carboxylic acids is 2. The average Bonchev–Trinajstić information content (AvgIpc) is 3.61. The van der Waals surface area contributed by atoms with Gasteiger partial charge in [0.1, 0.15) is 0 Å². The molecule has 2 aromatic rings. The van der Waals surface area contributed by atoms with Gasteiger partial charge in [-0.2, -0.15) is 0 Å². The quantitative estimate of drug-likeness (QED) is 0.773. The minimum Gasteiger partial charge on any atom is -0.339 e. The van der Waals surface area contributed by atoms with E-state index in [0.717, 1.165) is 24.0 Å². The number of aryl methyl sites for hydroxylation is 2. The lowest BCUT2D eigenvalue weighted by Crippen LogP contribution is -2.51. The molecule has 0 bridgehead atoms. The molecule has 8 heteroatoms. The Kier molecular flexibility index (Phi) is 5.75. The van der Waals surface area contributed by atoms with Crippen LogP contribution in [0.5, 0.6) is 0 Å². The Morgan fingerprint density at radius 1 is 0.871 bits per heavy atom. The number of hydrogen-bond acceptors (Lipinski definition) is 4. The van der Waals surface area contributed by atoms with E-state index in [0.29, 0.717) is 37.4 Å². The zero-order chi connectivity index (χ0) is 22.2. The summed E-state index contributed by atoms with van der Waals surface area (Å²) in [5.74, 6) is 0.247. The minimum absolute atomic E-state index is 0.0992. The number of sulfonamides is 1. The van der Waals surface area contributed by atoms with Gasteiger partial charge < -0.3 is 9.80 Å². The van der Waals surface area contributed by atoms with Crippen LogP contribution in [0.15, 0.2) is 47.4 Å². The van der Waals surface area contributed by atoms with Crippen LogP contribution in [0.25, 0.3) is 0 Å². The Labute approximate surface area is 183 Å². The largest absolute Gasteiger partial charge is 0.339 e. The number of hydrogen-bond donors (Lipinski definition) is 1. The number of nitrogens with zero attached hydrogens (tertiary/aromatic N) is 2. The lowest BCUT2D eigenvalue weighted by molar-refractivity contribution is -0.134. The maximum absolute atomic E-state index is 12.8.